The molecule has 0 radical (unpaired) electrons. The van der Waals surface area contributed by atoms with Crippen molar-refractivity contribution in [2.45, 2.75) is 23.8 Å². The number of carbonyl (C=O) groups excluding carboxylic acids is 1. The number of rotatable bonds is 4. The average molecular weight is 298 g/mol. The lowest BCUT2D eigenvalue weighted by Crippen LogP contribution is -2.44. The fraction of sp³-hybridized carbons (Fsp3) is 0.417. The Hall–Kier alpha value is -1.80. The molecule has 1 aromatic carbocycles. The van der Waals surface area contributed by atoms with E-state index in [0.717, 1.165) is 6.42 Å². The van der Waals surface area contributed by atoms with E-state index in [1.807, 2.05) is 0 Å². The predicted octanol–water partition coefficient (Wildman–Crippen LogP) is -0.133. The Labute approximate surface area is 118 Å². The van der Waals surface area contributed by atoms with Crippen molar-refractivity contribution in [3.05, 3.63) is 18.2 Å². The van der Waals surface area contributed by atoms with Crippen molar-refractivity contribution in [1.82, 2.24) is 10.0 Å². The molecule has 1 aliphatic heterocycles. The Morgan fingerprint density at radius 3 is 2.80 bits per heavy atom. The van der Waals surface area contributed by atoms with Gasteiger partial charge in [-0.25, -0.2) is 13.1 Å². The summed E-state index contributed by atoms with van der Waals surface area (Å²) >= 11 is 0. The summed E-state index contributed by atoms with van der Waals surface area (Å²) in [6.07, 6.45) is 1.56. The third-order valence-corrected chi connectivity index (χ3v) is 4.63. The van der Waals surface area contributed by atoms with Crippen molar-refractivity contribution in [1.29, 1.82) is 0 Å². The fourth-order valence-corrected chi connectivity index (χ4v) is 2.80. The third kappa shape index (κ3) is 3.02. The summed E-state index contributed by atoms with van der Waals surface area (Å²) in [6, 6.07) is 3.97. The molecule has 0 aromatic heterocycles. The van der Waals surface area contributed by atoms with Gasteiger partial charge in [0.25, 0.3) is 0 Å². The number of benzene rings is 1. The van der Waals surface area contributed by atoms with Gasteiger partial charge in [0.1, 0.15) is 6.04 Å². The molecule has 0 saturated carbocycles. The number of carbonyl (C=O) groups is 1. The average Bonchev–Trinajstić information content (AvgIpc) is 2.43. The van der Waals surface area contributed by atoms with E-state index in [0.29, 0.717) is 24.3 Å². The number of nitrogens with one attached hydrogen (secondary N) is 3. The van der Waals surface area contributed by atoms with Crippen molar-refractivity contribution in [3.8, 4) is 0 Å². The Morgan fingerprint density at radius 2 is 2.15 bits per heavy atom. The molecule has 0 spiro atoms. The van der Waals surface area contributed by atoms with Crippen LogP contribution in [0.5, 0.6) is 0 Å². The van der Waals surface area contributed by atoms with Crippen molar-refractivity contribution >= 4 is 27.3 Å². The third-order valence-electron chi connectivity index (χ3n) is 3.22. The van der Waals surface area contributed by atoms with E-state index in [-0.39, 0.29) is 10.8 Å². The minimum atomic E-state index is -3.54. The molecule has 1 unspecified atom stereocenters. The number of nitrogens with two attached hydrogens (primary N) is 1. The highest BCUT2D eigenvalue weighted by Crippen LogP contribution is 2.24. The summed E-state index contributed by atoms with van der Waals surface area (Å²) in [5.41, 5.74) is 6.68. The monoisotopic (exact) mass is 298 g/mol. The predicted molar refractivity (Wildman–Crippen MR) is 76.8 cm³/mol. The molecule has 1 amide bonds. The Bertz CT molecular complexity index is 615. The van der Waals surface area contributed by atoms with E-state index in [2.05, 4.69) is 15.4 Å². The maximum atomic E-state index is 11.8. The molecular formula is C12H18N4O3S. The van der Waals surface area contributed by atoms with Gasteiger partial charge in [0.15, 0.2) is 0 Å². The van der Waals surface area contributed by atoms with E-state index >= 15 is 0 Å². The smallest absolute Gasteiger partial charge is 0.242 e. The van der Waals surface area contributed by atoms with Gasteiger partial charge in [-0.1, -0.05) is 0 Å². The van der Waals surface area contributed by atoms with Crippen LogP contribution in [0.2, 0.25) is 0 Å². The number of hydrogen-bond donors (Lipinski definition) is 4. The first-order valence-electron chi connectivity index (χ1n) is 6.31. The Morgan fingerprint density at radius 1 is 1.40 bits per heavy atom. The van der Waals surface area contributed by atoms with Gasteiger partial charge in [-0.05, 0) is 38.1 Å². The number of nitrogen functional groups attached to an aromatic ring is 1. The highest BCUT2D eigenvalue weighted by molar-refractivity contribution is 7.89. The van der Waals surface area contributed by atoms with Crippen LogP contribution in [0.4, 0.5) is 11.4 Å². The van der Waals surface area contributed by atoms with Crippen LogP contribution >= 0.6 is 0 Å². The SMILES string of the molecule is CNS(=O)(=O)c1ccc(N)c(NC2CCCNC2=O)c1. The number of piperidine rings is 1. The number of amides is 1. The van der Waals surface area contributed by atoms with Crippen molar-refractivity contribution in [3.63, 3.8) is 0 Å². The van der Waals surface area contributed by atoms with Crippen LogP contribution < -0.4 is 21.1 Å². The van der Waals surface area contributed by atoms with E-state index in [4.69, 9.17) is 5.73 Å². The van der Waals surface area contributed by atoms with Crippen LogP contribution in [0.15, 0.2) is 23.1 Å². The molecule has 0 aliphatic carbocycles. The standard InChI is InChI=1S/C12H18N4O3S/c1-14-20(18,19)8-4-5-9(13)11(7-8)16-10-3-2-6-15-12(10)17/h4-5,7,10,14,16H,2-3,6,13H2,1H3,(H,15,17). The summed E-state index contributed by atoms with van der Waals surface area (Å²) < 4.78 is 25.8. The summed E-state index contributed by atoms with van der Waals surface area (Å²) in [5, 5.41) is 5.76. The first-order valence-corrected chi connectivity index (χ1v) is 7.79. The zero-order chi connectivity index (χ0) is 14.8. The molecule has 1 aromatic rings. The van der Waals surface area contributed by atoms with Gasteiger partial charge < -0.3 is 16.4 Å². The van der Waals surface area contributed by atoms with Gasteiger partial charge in [-0.2, -0.15) is 0 Å². The lowest BCUT2D eigenvalue weighted by atomic mass is 10.1. The van der Waals surface area contributed by atoms with E-state index in [1.165, 1.54) is 25.2 Å². The Balaban J connectivity index is 2.27. The molecule has 1 fully saturated rings. The van der Waals surface area contributed by atoms with Crippen molar-refractivity contribution in [2.24, 2.45) is 0 Å². The zero-order valence-electron chi connectivity index (χ0n) is 11.1. The van der Waals surface area contributed by atoms with Crippen LogP contribution in [-0.4, -0.2) is 34.0 Å². The highest BCUT2D eigenvalue weighted by atomic mass is 32.2. The van der Waals surface area contributed by atoms with Crippen LogP contribution in [0.3, 0.4) is 0 Å². The molecule has 2 rings (SSSR count). The van der Waals surface area contributed by atoms with Crippen LogP contribution in [0.25, 0.3) is 0 Å². The van der Waals surface area contributed by atoms with Crippen LogP contribution in [0, 0.1) is 0 Å². The molecule has 20 heavy (non-hydrogen) atoms. The normalized spacial score (nSPS) is 19.4. The molecule has 1 saturated heterocycles. The van der Waals surface area contributed by atoms with Gasteiger partial charge in [-0.15, -0.1) is 0 Å². The van der Waals surface area contributed by atoms with E-state index in [9.17, 15) is 13.2 Å². The van der Waals surface area contributed by atoms with Crippen molar-refractivity contribution in [2.75, 3.05) is 24.6 Å². The maximum absolute atomic E-state index is 11.8. The van der Waals surface area contributed by atoms with Gasteiger partial charge in [-0.3, -0.25) is 4.79 Å². The maximum Gasteiger partial charge on any atom is 0.242 e. The Kier molecular flexibility index (Phi) is 4.15. The second-order valence-corrected chi connectivity index (χ2v) is 6.47. The van der Waals surface area contributed by atoms with Gasteiger partial charge in [0.2, 0.25) is 15.9 Å². The first-order chi connectivity index (χ1) is 9.44. The zero-order valence-corrected chi connectivity index (χ0v) is 12.0. The van der Waals surface area contributed by atoms with Crippen molar-refractivity contribution < 1.29 is 13.2 Å². The van der Waals surface area contributed by atoms with Gasteiger partial charge in [0.05, 0.1) is 16.3 Å². The van der Waals surface area contributed by atoms with Crippen LogP contribution in [0.1, 0.15) is 12.8 Å². The van der Waals surface area contributed by atoms with Gasteiger partial charge in [0, 0.05) is 6.54 Å². The van der Waals surface area contributed by atoms with E-state index < -0.39 is 16.1 Å². The van der Waals surface area contributed by atoms with Gasteiger partial charge >= 0.3 is 0 Å². The number of hydrogen-bond acceptors (Lipinski definition) is 5. The number of anilines is 2. The molecule has 0 bridgehead atoms. The number of sulfonamides is 1. The molecule has 110 valence electrons. The minimum absolute atomic E-state index is 0.0995. The largest absolute Gasteiger partial charge is 0.397 e. The fourth-order valence-electron chi connectivity index (χ4n) is 2.04. The molecule has 1 heterocycles. The molecule has 7 nitrogen and oxygen atoms in total. The second-order valence-electron chi connectivity index (χ2n) is 4.59. The molecule has 1 atom stereocenters. The van der Waals surface area contributed by atoms with Crippen LogP contribution in [-0.2, 0) is 14.8 Å². The first kappa shape index (κ1) is 14.6. The quantitative estimate of drug-likeness (QED) is 0.578. The second kappa shape index (κ2) is 5.68. The topological polar surface area (TPSA) is 113 Å². The highest BCUT2D eigenvalue weighted by Gasteiger charge is 2.23. The summed E-state index contributed by atoms with van der Waals surface area (Å²) in [5.74, 6) is -0.0995. The lowest BCUT2D eigenvalue weighted by molar-refractivity contribution is -0.123. The molecule has 8 heteroatoms. The summed E-state index contributed by atoms with van der Waals surface area (Å²) in [7, 11) is -2.20. The lowest BCUT2D eigenvalue weighted by Gasteiger charge is -2.24. The minimum Gasteiger partial charge on any atom is -0.397 e. The molecule has 1 aliphatic rings. The summed E-state index contributed by atoms with van der Waals surface area (Å²) in [4.78, 5) is 11.8. The molecule has 5 N–H and O–H groups in total. The van der Waals surface area contributed by atoms with E-state index in [1.54, 1.807) is 0 Å². The molecular weight excluding hydrogens is 280 g/mol. The summed E-state index contributed by atoms with van der Waals surface area (Å²) in [6.45, 7) is 0.667.